The molecule has 0 bridgehead atoms. The number of para-hydroxylation sites is 1. The van der Waals surface area contributed by atoms with Crippen LogP contribution in [0.2, 0.25) is 5.02 Å². The van der Waals surface area contributed by atoms with Crippen molar-refractivity contribution < 1.29 is 22.4 Å². The van der Waals surface area contributed by atoms with E-state index in [-0.39, 0.29) is 40.5 Å². The Morgan fingerprint density at radius 3 is 2.15 bits per heavy atom. The van der Waals surface area contributed by atoms with E-state index < -0.39 is 34.3 Å². The Morgan fingerprint density at radius 1 is 0.950 bits per heavy atom. The number of amides is 2. The largest absolute Gasteiger partial charge is 0.352 e. The van der Waals surface area contributed by atoms with Crippen molar-refractivity contribution in [2.45, 2.75) is 64.1 Å². The van der Waals surface area contributed by atoms with Gasteiger partial charge in [0.1, 0.15) is 18.4 Å². The predicted molar refractivity (Wildman–Crippen MR) is 156 cm³/mol. The van der Waals surface area contributed by atoms with E-state index in [9.17, 15) is 22.4 Å². The van der Waals surface area contributed by atoms with Crippen LogP contribution in [0.3, 0.4) is 0 Å². The molecule has 3 rings (SSSR count). The molecule has 0 aromatic heterocycles. The molecule has 0 heterocycles. The van der Waals surface area contributed by atoms with Gasteiger partial charge in [-0.3, -0.25) is 13.9 Å². The number of nitrogens with zero attached hydrogens (tertiary/aromatic N) is 2. The molecule has 0 aliphatic carbocycles. The number of hydrogen-bond acceptors (Lipinski definition) is 4. The van der Waals surface area contributed by atoms with Gasteiger partial charge in [0.05, 0.1) is 15.6 Å². The lowest BCUT2D eigenvalue weighted by Crippen LogP contribution is -2.53. The second-order valence-corrected chi connectivity index (χ2v) is 11.9. The minimum Gasteiger partial charge on any atom is -0.352 e. The van der Waals surface area contributed by atoms with Gasteiger partial charge < -0.3 is 10.2 Å². The standard InChI is InChI=1S/C30H35ClFN3O4S/c1-5-22(4)33-30(37)27(6-2)34(19-23-13-15-24(32)16-14-23)29(36)20-35(28-10-8-7-9-26(28)31)40(38,39)25-17-11-21(3)12-18-25/h7-18,22,27H,5-6,19-20H2,1-4H3,(H,33,37)/t22-,27+/m1/s1. The van der Waals surface area contributed by atoms with Crippen LogP contribution in [0, 0.1) is 12.7 Å². The van der Waals surface area contributed by atoms with Crippen molar-refractivity contribution in [3.05, 3.63) is 94.8 Å². The maximum atomic E-state index is 14.0. The van der Waals surface area contributed by atoms with E-state index in [4.69, 9.17) is 11.6 Å². The fourth-order valence-corrected chi connectivity index (χ4v) is 5.87. The van der Waals surface area contributed by atoms with Gasteiger partial charge in [0.2, 0.25) is 11.8 Å². The lowest BCUT2D eigenvalue weighted by molar-refractivity contribution is -0.140. The molecule has 0 saturated heterocycles. The summed E-state index contributed by atoms with van der Waals surface area (Å²) in [4.78, 5) is 28.6. The molecule has 10 heteroatoms. The summed E-state index contributed by atoms with van der Waals surface area (Å²) in [6, 6.07) is 17.3. The van der Waals surface area contributed by atoms with Crippen LogP contribution >= 0.6 is 11.6 Å². The van der Waals surface area contributed by atoms with Crippen LogP contribution in [0.15, 0.2) is 77.7 Å². The van der Waals surface area contributed by atoms with Gasteiger partial charge in [-0.25, -0.2) is 12.8 Å². The lowest BCUT2D eigenvalue weighted by Gasteiger charge is -2.34. The van der Waals surface area contributed by atoms with E-state index in [0.29, 0.717) is 12.0 Å². The average molecular weight is 588 g/mol. The Bertz CT molecular complexity index is 1420. The monoisotopic (exact) mass is 587 g/mol. The first-order chi connectivity index (χ1) is 19.0. The molecule has 2 amide bonds. The Hall–Kier alpha value is -3.43. The van der Waals surface area contributed by atoms with Crippen LogP contribution in [0.5, 0.6) is 0 Å². The molecule has 0 spiro atoms. The fraction of sp³-hybridized carbons (Fsp3) is 0.333. The molecule has 40 heavy (non-hydrogen) atoms. The number of hydrogen-bond donors (Lipinski definition) is 1. The minimum atomic E-state index is -4.22. The van der Waals surface area contributed by atoms with Gasteiger partial charge in [0.25, 0.3) is 10.0 Å². The molecular formula is C30H35ClFN3O4S. The normalized spacial score (nSPS) is 12.8. The Morgan fingerprint density at radius 2 is 1.57 bits per heavy atom. The van der Waals surface area contributed by atoms with Crippen molar-refractivity contribution in [3.8, 4) is 0 Å². The molecule has 1 N–H and O–H groups in total. The van der Waals surface area contributed by atoms with Crippen molar-refractivity contribution in [3.63, 3.8) is 0 Å². The SMILES string of the molecule is CC[C@@H](C)NC(=O)[C@H](CC)N(Cc1ccc(F)cc1)C(=O)CN(c1ccccc1Cl)S(=O)(=O)c1ccc(C)cc1. The molecule has 0 unspecified atom stereocenters. The van der Waals surface area contributed by atoms with Gasteiger partial charge in [-0.15, -0.1) is 0 Å². The number of carbonyl (C=O) groups is 2. The Kier molecular flexibility index (Phi) is 10.7. The van der Waals surface area contributed by atoms with E-state index in [1.54, 1.807) is 37.3 Å². The van der Waals surface area contributed by atoms with Crippen LogP contribution in [0.4, 0.5) is 10.1 Å². The van der Waals surface area contributed by atoms with Crippen molar-refractivity contribution >= 4 is 39.1 Å². The maximum Gasteiger partial charge on any atom is 0.264 e. The molecule has 0 aliphatic rings. The predicted octanol–water partition coefficient (Wildman–Crippen LogP) is 5.70. The number of halogens is 2. The summed E-state index contributed by atoms with van der Waals surface area (Å²) in [6.07, 6.45) is 0.981. The van der Waals surface area contributed by atoms with E-state index in [0.717, 1.165) is 9.87 Å². The van der Waals surface area contributed by atoms with Gasteiger partial charge >= 0.3 is 0 Å². The number of aryl methyl sites for hydroxylation is 1. The van der Waals surface area contributed by atoms with Crippen molar-refractivity contribution in [2.75, 3.05) is 10.8 Å². The van der Waals surface area contributed by atoms with Crippen LogP contribution in [-0.2, 0) is 26.2 Å². The summed E-state index contributed by atoms with van der Waals surface area (Å²) in [5.41, 5.74) is 1.61. The molecule has 7 nitrogen and oxygen atoms in total. The highest BCUT2D eigenvalue weighted by atomic mass is 35.5. The van der Waals surface area contributed by atoms with Gasteiger partial charge in [0.15, 0.2) is 0 Å². The third-order valence-corrected chi connectivity index (χ3v) is 8.76. The summed E-state index contributed by atoms with van der Waals surface area (Å²) in [7, 11) is -4.22. The Balaban J connectivity index is 2.06. The van der Waals surface area contributed by atoms with Crippen LogP contribution in [-0.4, -0.2) is 43.8 Å². The third kappa shape index (κ3) is 7.61. The summed E-state index contributed by atoms with van der Waals surface area (Å²) in [5, 5.41) is 3.07. The van der Waals surface area contributed by atoms with Gasteiger partial charge in [0, 0.05) is 12.6 Å². The van der Waals surface area contributed by atoms with Crippen LogP contribution in [0.1, 0.15) is 44.7 Å². The molecular weight excluding hydrogens is 553 g/mol. The molecule has 3 aromatic carbocycles. The highest BCUT2D eigenvalue weighted by Gasteiger charge is 2.34. The number of anilines is 1. The second kappa shape index (κ2) is 13.8. The zero-order valence-electron chi connectivity index (χ0n) is 23.1. The van der Waals surface area contributed by atoms with Gasteiger partial charge in [-0.1, -0.05) is 67.4 Å². The van der Waals surface area contributed by atoms with Gasteiger partial charge in [-0.05, 0) is 68.7 Å². The summed E-state index contributed by atoms with van der Waals surface area (Å²) >= 11 is 6.43. The molecule has 0 radical (unpaired) electrons. The molecule has 2 atom stereocenters. The van der Waals surface area contributed by atoms with Gasteiger partial charge in [-0.2, -0.15) is 0 Å². The molecule has 214 valence electrons. The van der Waals surface area contributed by atoms with E-state index in [1.165, 1.54) is 47.4 Å². The van der Waals surface area contributed by atoms with Crippen LogP contribution in [0.25, 0.3) is 0 Å². The summed E-state index contributed by atoms with van der Waals surface area (Å²) in [5.74, 6) is -1.39. The van der Waals surface area contributed by atoms with Crippen LogP contribution < -0.4 is 9.62 Å². The minimum absolute atomic E-state index is 0.00235. The number of benzene rings is 3. The summed E-state index contributed by atoms with van der Waals surface area (Å²) < 4.78 is 42.3. The van der Waals surface area contributed by atoms with Crippen molar-refractivity contribution in [1.29, 1.82) is 0 Å². The number of carbonyl (C=O) groups excluding carboxylic acids is 2. The lowest BCUT2D eigenvalue weighted by atomic mass is 10.1. The summed E-state index contributed by atoms with van der Waals surface area (Å²) in [6.45, 7) is 6.80. The first-order valence-electron chi connectivity index (χ1n) is 13.2. The maximum absolute atomic E-state index is 14.0. The number of nitrogens with one attached hydrogen (secondary N) is 1. The van der Waals surface area contributed by atoms with Crippen molar-refractivity contribution in [1.82, 2.24) is 10.2 Å². The van der Waals surface area contributed by atoms with E-state index >= 15 is 0 Å². The second-order valence-electron chi connectivity index (χ2n) is 9.67. The molecule has 0 fully saturated rings. The number of sulfonamides is 1. The van der Waals surface area contributed by atoms with E-state index in [1.807, 2.05) is 20.8 Å². The smallest absolute Gasteiger partial charge is 0.264 e. The highest BCUT2D eigenvalue weighted by Crippen LogP contribution is 2.31. The highest BCUT2D eigenvalue weighted by molar-refractivity contribution is 7.92. The molecule has 0 saturated carbocycles. The van der Waals surface area contributed by atoms with Crippen molar-refractivity contribution in [2.24, 2.45) is 0 Å². The fourth-order valence-electron chi connectivity index (χ4n) is 4.15. The average Bonchev–Trinajstić information content (AvgIpc) is 2.93. The zero-order valence-corrected chi connectivity index (χ0v) is 24.7. The molecule has 0 aliphatic heterocycles. The topological polar surface area (TPSA) is 86.8 Å². The first kappa shape index (κ1) is 31.1. The number of rotatable bonds is 12. The van der Waals surface area contributed by atoms with E-state index in [2.05, 4.69) is 5.32 Å². The zero-order chi connectivity index (χ0) is 29.4. The third-order valence-electron chi connectivity index (χ3n) is 6.66. The molecule has 3 aromatic rings. The first-order valence-corrected chi connectivity index (χ1v) is 15.0. The quantitative estimate of drug-likeness (QED) is 0.294. The Labute approximate surface area is 241 Å².